The van der Waals surface area contributed by atoms with Crippen molar-refractivity contribution >= 4 is 27.3 Å². The lowest BCUT2D eigenvalue weighted by Crippen LogP contribution is -2.41. The van der Waals surface area contributed by atoms with Gasteiger partial charge in [0.25, 0.3) is 5.91 Å². The first-order valence-corrected chi connectivity index (χ1v) is 10.5. The number of nitrogens with zero attached hydrogens (tertiary/aromatic N) is 1. The average molecular weight is 398 g/mol. The number of sulfonamides is 1. The summed E-state index contributed by atoms with van der Waals surface area (Å²) in [5.74, 6) is -1.30. The predicted molar refractivity (Wildman–Crippen MR) is 96.3 cm³/mol. The van der Waals surface area contributed by atoms with Crippen LogP contribution >= 0.6 is 11.3 Å². The van der Waals surface area contributed by atoms with Gasteiger partial charge in [-0.15, -0.1) is 11.3 Å². The van der Waals surface area contributed by atoms with E-state index in [0.717, 1.165) is 17.0 Å². The van der Waals surface area contributed by atoms with E-state index in [4.69, 9.17) is 4.74 Å². The summed E-state index contributed by atoms with van der Waals surface area (Å²) in [7, 11) is -4.00. The minimum absolute atomic E-state index is 0.115. The zero-order chi connectivity index (χ0) is 18.6. The highest BCUT2D eigenvalue weighted by molar-refractivity contribution is 7.89. The highest BCUT2D eigenvalue weighted by Gasteiger charge is 2.29. The number of thiophene rings is 1. The fourth-order valence-corrected chi connectivity index (χ4v) is 4.83. The molecule has 2 aromatic rings. The molecule has 1 saturated heterocycles. The average Bonchev–Trinajstić information content (AvgIpc) is 3.16. The molecule has 1 N–H and O–H groups in total. The molecule has 1 aromatic carbocycles. The Morgan fingerprint density at radius 1 is 1.27 bits per heavy atom. The van der Waals surface area contributed by atoms with E-state index in [9.17, 15) is 17.6 Å². The Balaban J connectivity index is 1.73. The van der Waals surface area contributed by atoms with Gasteiger partial charge in [-0.3, -0.25) is 4.79 Å². The molecule has 0 bridgehead atoms. The lowest BCUT2D eigenvalue weighted by molar-refractivity contribution is 0.0729. The number of carbonyl (C=O) groups is 1. The number of benzene rings is 1. The number of ether oxygens (including phenoxy) is 1. The van der Waals surface area contributed by atoms with Crippen LogP contribution in [0.15, 0.2) is 40.6 Å². The minimum atomic E-state index is -4.00. The number of rotatable bonds is 6. The van der Waals surface area contributed by atoms with Gasteiger partial charge in [-0.2, -0.15) is 4.31 Å². The largest absolute Gasteiger partial charge is 0.379 e. The van der Waals surface area contributed by atoms with E-state index in [2.05, 4.69) is 5.32 Å². The van der Waals surface area contributed by atoms with Crippen molar-refractivity contribution in [2.24, 2.45) is 0 Å². The van der Waals surface area contributed by atoms with E-state index in [1.54, 1.807) is 11.3 Å². The lowest BCUT2D eigenvalue weighted by atomic mass is 10.2. The van der Waals surface area contributed by atoms with Crippen molar-refractivity contribution in [2.45, 2.75) is 11.3 Å². The van der Waals surface area contributed by atoms with Gasteiger partial charge in [0.2, 0.25) is 10.0 Å². The Labute approximate surface area is 155 Å². The van der Waals surface area contributed by atoms with Crippen molar-refractivity contribution < 1.29 is 22.3 Å². The van der Waals surface area contributed by atoms with Gasteiger partial charge in [0, 0.05) is 30.1 Å². The van der Waals surface area contributed by atoms with E-state index >= 15 is 0 Å². The molecule has 3 rings (SSSR count). The summed E-state index contributed by atoms with van der Waals surface area (Å²) in [6.45, 7) is 1.29. The predicted octanol–water partition coefficient (Wildman–Crippen LogP) is 1.88. The summed E-state index contributed by atoms with van der Waals surface area (Å²) < 4.78 is 45.8. The number of nitrogens with one attached hydrogen (secondary N) is 1. The fourth-order valence-electron chi connectivity index (χ4n) is 2.62. The summed E-state index contributed by atoms with van der Waals surface area (Å²) in [5, 5.41) is 4.69. The van der Waals surface area contributed by atoms with E-state index in [1.165, 1.54) is 10.4 Å². The van der Waals surface area contributed by atoms with Crippen molar-refractivity contribution in [3.05, 3.63) is 52.0 Å². The number of morpholine rings is 1. The Morgan fingerprint density at radius 3 is 2.73 bits per heavy atom. The topological polar surface area (TPSA) is 75.7 Å². The molecule has 2 heterocycles. The first-order chi connectivity index (χ1) is 12.5. The van der Waals surface area contributed by atoms with Crippen LogP contribution in [0.4, 0.5) is 4.39 Å². The zero-order valence-corrected chi connectivity index (χ0v) is 15.6. The molecule has 1 amide bonds. The Kier molecular flexibility index (Phi) is 6.02. The van der Waals surface area contributed by atoms with Crippen LogP contribution in [0.25, 0.3) is 0 Å². The summed E-state index contributed by atoms with van der Waals surface area (Å²) in [6, 6.07) is 7.31. The van der Waals surface area contributed by atoms with Crippen LogP contribution in [0.1, 0.15) is 15.2 Å². The van der Waals surface area contributed by atoms with Crippen molar-refractivity contribution in [1.29, 1.82) is 0 Å². The third-order valence-corrected chi connectivity index (χ3v) is 6.87. The second-order valence-corrected chi connectivity index (χ2v) is 8.69. The Morgan fingerprint density at radius 2 is 2.04 bits per heavy atom. The van der Waals surface area contributed by atoms with E-state index < -0.39 is 26.6 Å². The molecule has 1 aromatic heterocycles. The molecule has 0 aliphatic carbocycles. The number of hydrogen-bond acceptors (Lipinski definition) is 5. The van der Waals surface area contributed by atoms with Crippen LogP contribution in [0.5, 0.6) is 0 Å². The van der Waals surface area contributed by atoms with Gasteiger partial charge in [0.1, 0.15) is 10.7 Å². The summed E-state index contributed by atoms with van der Waals surface area (Å²) in [6.07, 6.45) is 0.684. The molecule has 0 unspecified atom stereocenters. The molecule has 0 saturated carbocycles. The van der Waals surface area contributed by atoms with Gasteiger partial charge < -0.3 is 10.1 Å². The van der Waals surface area contributed by atoms with E-state index in [0.29, 0.717) is 13.0 Å². The maximum absolute atomic E-state index is 14.2. The molecule has 6 nitrogen and oxygen atoms in total. The van der Waals surface area contributed by atoms with Crippen LogP contribution in [-0.4, -0.2) is 51.5 Å². The SMILES string of the molecule is O=C(NCCc1cccs1)c1ccc(F)c(S(=O)(=O)N2CCOCC2)c1. The van der Waals surface area contributed by atoms with Crippen LogP contribution < -0.4 is 5.32 Å². The van der Waals surface area contributed by atoms with E-state index in [1.807, 2.05) is 17.5 Å². The van der Waals surface area contributed by atoms with Crippen molar-refractivity contribution in [1.82, 2.24) is 9.62 Å². The molecule has 140 valence electrons. The third-order valence-electron chi connectivity index (χ3n) is 4.02. The second kappa shape index (κ2) is 8.26. The molecular weight excluding hydrogens is 379 g/mol. The van der Waals surface area contributed by atoms with Gasteiger partial charge in [-0.05, 0) is 36.1 Å². The number of halogens is 1. The monoisotopic (exact) mass is 398 g/mol. The smallest absolute Gasteiger partial charge is 0.251 e. The number of carbonyl (C=O) groups excluding carboxylic acids is 1. The summed E-state index contributed by atoms with van der Waals surface area (Å²) in [4.78, 5) is 12.9. The maximum atomic E-state index is 14.2. The summed E-state index contributed by atoms with van der Waals surface area (Å²) in [5.41, 5.74) is 0.115. The van der Waals surface area contributed by atoms with Crippen LogP contribution in [0.3, 0.4) is 0 Å². The first-order valence-electron chi connectivity index (χ1n) is 8.16. The lowest BCUT2D eigenvalue weighted by Gasteiger charge is -2.26. The Hall–Kier alpha value is -1.81. The zero-order valence-electron chi connectivity index (χ0n) is 14.0. The quantitative estimate of drug-likeness (QED) is 0.806. The maximum Gasteiger partial charge on any atom is 0.251 e. The van der Waals surface area contributed by atoms with Crippen LogP contribution in [-0.2, 0) is 21.2 Å². The summed E-state index contributed by atoms with van der Waals surface area (Å²) >= 11 is 1.60. The van der Waals surface area contributed by atoms with Gasteiger partial charge >= 0.3 is 0 Å². The van der Waals surface area contributed by atoms with Crippen molar-refractivity contribution in [3.63, 3.8) is 0 Å². The second-order valence-electron chi connectivity index (χ2n) is 5.75. The van der Waals surface area contributed by atoms with Gasteiger partial charge in [-0.25, -0.2) is 12.8 Å². The Bertz CT molecular complexity index is 863. The van der Waals surface area contributed by atoms with Gasteiger partial charge in [0.15, 0.2) is 0 Å². The molecule has 9 heteroatoms. The standard InChI is InChI=1S/C17H19FN2O4S2/c18-15-4-3-13(17(21)19-6-5-14-2-1-11-25-14)12-16(15)26(22,23)20-7-9-24-10-8-20/h1-4,11-12H,5-10H2,(H,19,21). The highest BCUT2D eigenvalue weighted by Crippen LogP contribution is 2.22. The van der Waals surface area contributed by atoms with Crippen LogP contribution in [0.2, 0.25) is 0 Å². The molecular formula is C17H19FN2O4S2. The third kappa shape index (κ3) is 4.29. The highest BCUT2D eigenvalue weighted by atomic mass is 32.2. The van der Waals surface area contributed by atoms with Gasteiger partial charge in [0.05, 0.1) is 13.2 Å². The number of hydrogen-bond donors (Lipinski definition) is 1. The molecule has 1 aliphatic rings. The van der Waals surface area contributed by atoms with E-state index in [-0.39, 0.29) is 31.9 Å². The van der Waals surface area contributed by atoms with Crippen molar-refractivity contribution in [2.75, 3.05) is 32.8 Å². The molecule has 1 aliphatic heterocycles. The first kappa shape index (κ1) is 19.0. The normalized spacial score (nSPS) is 15.7. The molecule has 0 radical (unpaired) electrons. The van der Waals surface area contributed by atoms with Gasteiger partial charge in [-0.1, -0.05) is 6.07 Å². The molecule has 1 fully saturated rings. The van der Waals surface area contributed by atoms with Crippen molar-refractivity contribution in [3.8, 4) is 0 Å². The molecule has 0 spiro atoms. The number of amides is 1. The minimum Gasteiger partial charge on any atom is -0.379 e. The van der Waals surface area contributed by atoms with Crippen LogP contribution in [0, 0.1) is 5.82 Å². The molecule has 0 atom stereocenters. The molecule has 26 heavy (non-hydrogen) atoms. The fraction of sp³-hybridized carbons (Fsp3) is 0.353.